The van der Waals surface area contributed by atoms with Crippen molar-refractivity contribution in [3.63, 3.8) is 0 Å². The summed E-state index contributed by atoms with van der Waals surface area (Å²) in [5, 5.41) is 0.839. The van der Waals surface area contributed by atoms with Crippen molar-refractivity contribution in [2.45, 2.75) is 60.4 Å². The SMILES string of the molecule is C=CC(C)OC(F)(F)F.CC.CC.CC/C=C/n1cnc2c(sc3ncnc(N(C)C)c32)c1=O. The van der Waals surface area contributed by atoms with Crippen LogP contribution in [-0.2, 0) is 4.74 Å². The number of alkyl halides is 3. The van der Waals surface area contributed by atoms with Gasteiger partial charge in [0.15, 0.2) is 0 Å². The average molecular weight is 502 g/mol. The minimum atomic E-state index is -4.55. The first-order chi connectivity index (χ1) is 16.1. The third-order valence-electron chi connectivity index (χ3n) is 3.76. The quantitative estimate of drug-likeness (QED) is 0.372. The molecule has 3 aromatic heterocycles. The van der Waals surface area contributed by atoms with E-state index in [0.29, 0.717) is 10.2 Å². The number of thiophene rings is 1. The van der Waals surface area contributed by atoms with Crippen LogP contribution in [0.2, 0.25) is 0 Å². The highest BCUT2D eigenvalue weighted by atomic mass is 32.1. The van der Waals surface area contributed by atoms with Crippen molar-refractivity contribution in [2.24, 2.45) is 0 Å². The molecule has 0 aromatic carbocycles. The summed E-state index contributed by atoms with van der Waals surface area (Å²) < 4.78 is 39.3. The zero-order valence-electron chi connectivity index (χ0n) is 21.0. The van der Waals surface area contributed by atoms with Gasteiger partial charge in [0.05, 0.1) is 11.5 Å². The van der Waals surface area contributed by atoms with E-state index in [9.17, 15) is 18.0 Å². The maximum Gasteiger partial charge on any atom is 0.523 e. The fourth-order valence-corrected chi connectivity index (χ4v) is 3.41. The van der Waals surface area contributed by atoms with Gasteiger partial charge >= 0.3 is 6.36 Å². The average Bonchev–Trinajstić information content (AvgIpc) is 3.20. The molecule has 0 fully saturated rings. The van der Waals surface area contributed by atoms with Crippen LogP contribution in [0.25, 0.3) is 26.6 Å². The molecular weight excluding hydrogens is 467 g/mol. The summed E-state index contributed by atoms with van der Waals surface area (Å²) in [6.07, 6.45) is 3.17. The van der Waals surface area contributed by atoms with E-state index in [2.05, 4.69) is 26.3 Å². The van der Waals surface area contributed by atoms with E-state index in [4.69, 9.17) is 0 Å². The molecule has 3 rings (SSSR count). The lowest BCUT2D eigenvalue weighted by atomic mass is 10.3. The summed E-state index contributed by atoms with van der Waals surface area (Å²) in [4.78, 5) is 28.2. The van der Waals surface area contributed by atoms with Crippen LogP contribution in [0.4, 0.5) is 19.0 Å². The maximum atomic E-state index is 12.5. The van der Waals surface area contributed by atoms with Crippen molar-refractivity contribution >= 4 is 43.8 Å². The van der Waals surface area contributed by atoms with Crippen LogP contribution in [0.1, 0.15) is 48.0 Å². The lowest BCUT2D eigenvalue weighted by molar-refractivity contribution is -0.334. The minimum Gasteiger partial charge on any atom is -0.362 e. The Morgan fingerprint density at radius 3 is 2.29 bits per heavy atom. The largest absolute Gasteiger partial charge is 0.523 e. The molecule has 0 spiro atoms. The normalized spacial score (nSPS) is 11.6. The maximum absolute atomic E-state index is 12.5. The van der Waals surface area contributed by atoms with Crippen molar-refractivity contribution in [3.05, 3.63) is 41.7 Å². The van der Waals surface area contributed by atoms with Crippen LogP contribution >= 0.6 is 11.3 Å². The van der Waals surface area contributed by atoms with Crippen molar-refractivity contribution in [1.82, 2.24) is 19.5 Å². The van der Waals surface area contributed by atoms with Crippen molar-refractivity contribution < 1.29 is 17.9 Å². The number of allylic oxidation sites excluding steroid dienone is 1. The van der Waals surface area contributed by atoms with Crippen LogP contribution in [0.5, 0.6) is 0 Å². The summed E-state index contributed by atoms with van der Waals surface area (Å²) >= 11 is 1.36. The number of hydrogen-bond donors (Lipinski definition) is 0. The number of nitrogens with zero attached hydrogens (tertiary/aromatic N) is 5. The summed E-state index contributed by atoms with van der Waals surface area (Å²) in [6.45, 7) is 14.4. The van der Waals surface area contributed by atoms with Gasteiger partial charge < -0.3 is 4.90 Å². The van der Waals surface area contributed by atoms with Crippen LogP contribution in [-0.4, -0.2) is 46.1 Å². The van der Waals surface area contributed by atoms with E-state index in [-0.39, 0.29) is 5.56 Å². The predicted molar refractivity (Wildman–Crippen MR) is 136 cm³/mol. The third-order valence-corrected chi connectivity index (χ3v) is 4.83. The Labute approximate surface area is 202 Å². The van der Waals surface area contributed by atoms with Gasteiger partial charge in [0.1, 0.15) is 33.5 Å². The molecule has 0 bridgehead atoms. The molecule has 11 heteroatoms. The van der Waals surface area contributed by atoms with Gasteiger partial charge in [-0.25, -0.2) is 15.0 Å². The molecule has 0 N–H and O–H groups in total. The molecule has 0 aliphatic heterocycles. The number of hydrogen-bond acceptors (Lipinski definition) is 7. The molecule has 0 aliphatic rings. The van der Waals surface area contributed by atoms with E-state index in [1.165, 1.54) is 29.2 Å². The number of aromatic nitrogens is 4. The van der Waals surface area contributed by atoms with E-state index < -0.39 is 12.5 Å². The monoisotopic (exact) mass is 501 g/mol. The Bertz CT molecular complexity index is 1110. The zero-order chi connectivity index (χ0) is 26.5. The number of anilines is 1. The number of rotatable bonds is 5. The highest BCUT2D eigenvalue weighted by molar-refractivity contribution is 7.25. The van der Waals surface area contributed by atoms with Crippen molar-refractivity contribution in [1.29, 1.82) is 0 Å². The second-order valence-corrected chi connectivity index (χ2v) is 7.31. The second kappa shape index (κ2) is 15.2. The van der Waals surface area contributed by atoms with Gasteiger partial charge in [0.2, 0.25) is 0 Å². The predicted octanol–water partition coefficient (Wildman–Crippen LogP) is 6.50. The molecule has 3 aromatic rings. The van der Waals surface area contributed by atoms with Gasteiger partial charge in [-0.2, -0.15) is 0 Å². The molecule has 0 saturated carbocycles. The molecule has 0 aliphatic carbocycles. The minimum absolute atomic E-state index is 0.0718. The van der Waals surface area contributed by atoms with E-state index in [1.807, 2.05) is 59.7 Å². The number of ether oxygens (including phenoxy) is 1. The highest BCUT2D eigenvalue weighted by Gasteiger charge is 2.30. The summed E-state index contributed by atoms with van der Waals surface area (Å²) in [6, 6.07) is 0. The van der Waals surface area contributed by atoms with Gasteiger partial charge in [-0.3, -0.25) is 14.1 Å². The molecule has 7 nitrogen and oxygen atoms in total. The molecular formula is C23H34F3N5O2S. The zero-order valence-corrected chi connectivity index (χ0v) is 21.8. The van der Waals surface area contributed by atoms with Gasteiger partial charge in [-0.15, -0.1) is 31.1 Å². The Morgan fingerprint density at radius 2 is 1.82 bits per heavy atom. The van der Waals surface area contributed by atoms with Gasteiger partial charge in [-0.1, -0.05) is 46.8 Å². The Morgan fingerprint density at radius 1 is 1.21 bits per heavy atom. The number of fused-ring (bicyclic) bond motifs is 3. The molecule has 190 valence electrons. The lowest BCUT2D eigenvalue weighted by Gasteiger charge is -2.11. The van der Waals surface area contributed by atoms with Crippen molar-refractivity contribution in [2.75, 3.05) is 19.0 Å². The fraction of sp³-hybridized carbons (Fsp3) is 0.478. The first kappa shape index (κ1) is 31.2. The first-order valence-corrected chi connectivity index (χ1v) is 11.8. The summed E-state index contributed by atoms with van der Waals surface area (Å²) in [5.41, 5.74) is 0.600. The molecule has 3 heterocycles. The number of halogens is 3. The van der Waals surface area contributed by atoms with Crippen LogP contribution in [0.15, 0.2) is 36.2 Å². The molecule has 0 amide bonds. The second-order valence-electron chi connectivity index (χ2n) is 6.31. The molecule has 0 saturated heterocycles. The first-order valence-electron chi connectivity index (χ1n) is 10.9. The lowest BCUT2D eigenvalue weighted by Crippen LogP contribution is -2.19. The van der Waals surface area contributed by atoms with Crippen LogP contribution in [0.3, 0.4) is 0 Å². The Kier molecular flexibility index (Phi) is 13.9. The van der Waals surface area contributed by atoms with E-state index in [1.54, 1.807) is 12.5 Å². The summed E-state index contributed by atoms with van der Waals surface area (Å²) in [5.74, 6) is 0.778. The topological polar surface area (TPSA) is 73.1 Å². The third kappa shape index (κ3) is 8.86. The molecule has 1 unspecified atom stereocenters. The van der Waals surface area contributed by atoms with Gasteiger partial charge in [-0.05, 0) is 13.3 Å². The highest BCUT2D eigenvalue weighted by Crippen LogP contribution is 2.33. The van der Waals surface area contributed by atoms with E-state index >= 15 is 0 Å². The smallest absolute Gasteiger partial charge is 0.362 e. The summed E-state index contributed by atoms with van der Waals surface area (Å²) in [7, 11) is 3.83. The van der Waals surface area contributed by atoms with E-state index in [0.717, 1.165) is 28.5 Å². The standard InChI is InChI=1S/C14H15N5OS.C5H7F3O.2C2H6/c1-4-5-6-19-8-17-10-9-12(18(2)3)15-7-16-13(9)21-11(10)14(19)20;1-3-4(2)9-5(6,7)8;2*1-2/h5-8H,4H2,1-3H3;3-4H,1H2,2H3;2*1-2H3/b6-5+;;;. The molecule has 34 heavy (non-hydrogen) atoms. The Balaban J connectivity index is 0.000000710. The molecule has 0 radical (unpaired) electrons. The molecule has 1 atom stereocenters. The van der Waals surface area contributed by atoms with Gasteiger partial charge in [0.25, 0.3) is 5.56 Å². The Hall–Kier alpha value is -2.79. The van der Waals surface area contributed by atoms with Crippen LogP contribution < -0.4 is 10.5 Å². The van der Waals surface area contributed by atoms with Gasteiger partial charge in [0, 0.05) is 20.3 Å². The van der Waals surface area contributed by atoms with Crippen molar-refractivity contribution in [3.8, 4) is 0 Å². The van der Waals surface area contributed by atoms with Crippen LogP contribution in [0, 0.1) is 0 Å². The fourth-order valence-electron chi connectivity index (χ4n) is 2.38.